The van der Waals surface area contributed by atoms with Crippen LogP contribution < -0.4 is 10.9 Å². The molecule has 1 aromatic heterocycles. The summed E-state index contributed by atoms with van der Waals surface area (Å²) in [7, 11) is -1.84. The normalized spacial score (nSPS) is 17.1. The van der Waals surface area contributed by atoms with Crippen LogP contribution in [0.15, 0.2) is 58.5 Å². The zero-order chi connectivity index (χ0) is 23.6. The molecule has 4 rings (SSSR count). The summed E-state index contributed by atoms with van der Waals surface area (Å²) < 4.78 is 29.4. The molecule has 172 valence electrons. The third kappa shape index (κ3) is 5.09. The molecule has 1 fully saturated rings. The lowest BCUT2D eigenvalue weighted by Crippen LogP contribution is -2.36. The van der Waals surface area contributed by atoms with E-state index in [4.69, 9.17) is 4.74 Å². The molecule has 33 heavy (non-hydrogen) atoms. The number of nitrogens with zero attached hydrogens (tertiary/aromatic N) is 2. The molecule has 1 aliphatic rings. The van der Waals surface area contributed by atoms with E-state index in [2.05, 4.69) is 10.3 Å². The fraction of sp³-hybridized carbons (Fsp3) is 0.273. The Bertz CT molecular complexity index is 1390. The second-order valence-electron chi connectivity index (χ2n) is 7.55. The molecule has 2 heterocycles. The fourth-order valence-corrected chi connectivity index (χ4v) is 6.12. The van der Waals surface area contributed by atoms with Crippen LogP contribution in [0.4, 0.5) is 0 Å². The Morgan fingerprint density at radius 3 is 2.64 bits per heavy atom. The Balaban J connectivity index is 1.67. The number of sulfone groups is 1. The highest BCUT2D eigenvalue weighted by Crippen LogP contribution is 2.22. The van der Waals surface area contributed by atoms with Gasteiger partial charge in [0, 0.05) is 6.04 Å². The second-order valence-corrected chi connectivity index (χ2v) is 10.7. The van der Waals surface area contributed by atoms with E-state index in [-0.39, 0.29) is 39.4 Å². The number of carbonyl (C=O) groups excluding carboxylic acids is 2. The molecule has 0 aliphatic carbocycles. The van der Waals surface area contributed by atoms with E-state index in [1.54, 1.807) is 24.3 Å². The van der Waals surface area contributed by atoms with Crippen LogP contribution in [0, 0.1) is 0 Å². The summed E-state index contributed by atoms with van der Waals surface area (Å²) in [5.41, 5.74) is 0.802. The molecule has 1 N–H and O–H groups in total. The summed E-state index contributed by atoms with van der Waals surface area (Å²) in [5.74, 6) is -0.959. The van der Waals surface area contributed by atoms with Crippen molar-refractivity contribution in [3.8, 4) is 5.69 Å². The minimum atomic E-state index is -3.11. The number of amides is 1. The Morgan fingerprint density at radius 2 is 1.97 bits per heavy atom. The first-order valence-corrected chi connectivity index (χ1v) is 12.9. The second kappa shape index (κ2) is 9.36. The Kier molecular flexibility index (Phi) is 6.52. The van der Waals surface area contributed by atoms with Crippen LogP contribution in [0.3, 0.4) is 0 Å². The van der Waals surface area contributed by atoms with Gasteiger partial charge in [-0.05, 0) is 36.8 Å². The first-order valence-electron chi connectivity index (χ1n) is 10.1. The zero-order valence-electron chi connectivity index (χ0n) is 17.7. The average molecular weight is 488 g/mol. The third-order valence-electron chi connectivity index (χ3n) is 5.20. The number of benzene rings is 2. The van der Waals surface area contributed by atoms with Crippen LogP contribution in [0.5, 0.6) is 0 Å². The van der Waals surface area contributed by atoms with E-state index in [1.807, 2.05) is 6.07 Å². The summed E-state index contributed by atoms with van der Waals surface area (Å²) in [5, 5.41) is 3.32. The largest absolute Gasteiger partial charge is 0.465 e. The monoisotopic (exact) mass is 487 g/mol. The van der Waals surface area contributed by atoms with Crippen molar-refractivity contribution in [2.45, 2.75) is 17.6 Å². The van der Waals surface area contributed by atoms with Gasteiger partial charge < -0.3 is 10.1 Å². The lowest BCUT2D eigenvalue weighted by molar-refractivity contribution is -0.119. The van der Waals surface area contributed by atoms with Crippen molar-refractivity contribution in [2.75, 3.05) is 24.4 Å². The SMILES string of the molecule is COC(=O)c1ccc2c(=O)n(-c3ccccc3)c(SCC(=O)NC3CCS(=O)(=O)C3)nc2c1. The Hall–Kier alpha value is -3.18. The van der Waals surface area contributed by atoms with E-state index in [0.717, 1.165) is 11.8 Å². The maximum absolute atomic E-state index is 13.3. The van der Waals surface area contributed by atoms with Crippen LogP contribution in [0.2, 0.25) is 0 Å². The first kappa shape index (κ1) is 23.0. The highest BCUT2D eigenvalue weighted by atomic mass is 32.2. The molecule has 1 saturated heterocycles. The van der Waals surface area contributed by atoms with Crippen molar-refractivity contribution in [3.63, 3.8) is 0 Å². The van der Waals surface area contributed by atoms with Gasteiger partial charge in [-0.1, -0.05) is 30.0 Å². The highest BCUT2D eigenvalue weighted by molar-refractivity contribution is 7.99. The maximum atomic E-state index is 13.3. The number of methoxy groups -OCH3 is 1. The number of para-hydroxylation sites is 1. The molecule has 1 aliphatic heterocycles. The molecular formula is C22H21N3O6S2. The van der Waals surface area contributed by atoms with E-state index >= 15 is 0 Å². The summed E-state index contributed by atoms with van der Waals surface area (Å²) in [4.78, 5) is 42.2. The van der Waals surface area contributed by atoms with Crippen LogP contribution in [-0.4, -0.2) is 60.3 Å². The van der Waals surface area contributed by atoms with E-state index in [1.165, 1.54) is 29.9 Å². The van der Waals surface area contributed by atoms with Crippen molar-refractivity contribution in [3.05, 3.63) is 64.4 Å². The van der Waals surface area contributed by atoms with Gasteiger partial charge in [0.15, 0.2) is 15.0 Å². The number of hydrogen-bond donors (Lipinski definition) is 1. The smallest absolute Gasteiger partial charge is 0.337 e. The first-order chi connectivity index (χ1) is 15.8. The molecule has 1 atom stereocenters. The van der Waals surface area contributed by atoms with Crippen LogP contribution in [0.25, 0.3) is 16.6 Å². The van der Waals surface area contributed by atoms with Crippen molar-refractivity contribution in [2.24, 2.45) is 0 Å². The number of carbonyl (C=O) groups is 2. The molecular weight excluding hydrogens is 466 g/mol. The van der Waals surface area contributed by atoms with Crippen LogP contribution in [0.1, 0.15) is 16.8 Å². The van der Waals surface area contributed by atoms with Crippen molar-refractivity contribution in [1.29, 1.82) is 0 Å². The molecule has 0 spiro atoms. The topological polar surface area (TPSA) is 124 Å². The predicted molar refractivity (Wildman–Crippen MR) is 125 cm³/mol. The predicted octanol–water partition coefficient (Wildman–Crippen LogP) is 1.57. The van der Waals surface area contributed by atoms with E-state index < -0.39 is 21.8 Å². The van der Waals surface area contributed by atoms with Crippen molar-refractivity contribution >= 4 is 44.4 Å². The van der Waals surface area contributed by atoms with Crippen molar-refractivity contribution < 1.29 is 22.7 Å². The van der Waals surface area contributed by atoms with Crippen LogP contribution in [-0.2, 0) is 19.4 Å². The number of rotatable bonds is 6. The molecule has 2 aromatic carbocycles. The molecule has 11 heteroatoms. The molecule has 1 unspecified atom stereocenters. The van der Waals surface area contributed by atoms with Gasteiger partial charge in [0.25, 0.3) is 5.56 Å². The molecule has 9 nitrogen and oxygen atoms in total. The van der Waals surface area contributed by atoms with Gasteiger partial charge >= 0.3 is 5.97 Å². The molecule has 1 amide bonds. The van der Waals surface area contributed by atoms with Gasteiger partial charge in [0.2, 0.25) is 5.91 Å². The summed E-state index contributed by atoms with van der Waals surface area (Å²) >= 11 is 1.06. The number of fused-ring (bicyclic) bond motifs is 1. The number of thioether (sulfide) groups is 1. The fourth-order valence-electron chi connectivity index (χ4n) is 3.62. The number of esters is 1. The molecule has 0 bridgehead atoms. The van der Waals surface area contributed by atoms with Crippen LogP contribution >= 0.6 is 11.8 Å². The molecule has 0 radical (unpaired) electrons. The van der Waals surface area contributed by atoms with Gasteiger partial charge in [0.1, 0.15) is 0 Å². The highest BCUT2D eigenvalue weighted by Gasteiger charge is 2.29. The minimum Gasteiger partial charge on any atom is -0.465 e. The number of ether oxygens (including phenoxy) is 1. The Labute approximate surface area is 194 Å². The lowest BCUT2D eigenvalue weighted by atomic mass is 10.1. The van der Waals surface area contributed by atoms with Crippen molar-refractivity contribution in [1.82, 2.24) is 14.9 Å². The lowest BCUT2D eigenvalue weighted by Gasteiger charge is -2.14. The number of hydrogen-bond acceptors (Lipinski definition) is 8. The summed E-state index contributed by atoms with van der Waals surface area (Å²) in [6, 6.07) is 13.0. The number of nitrogens with one attached hydrogen (secondary N) is 1. The quantitative estimate of drug-likeness (QED) is 0.316. The maximum Gasteiger partial charge on any atom is 0.337 e. The van der Waals surface area contributed by atoms with Gasteiger partial charge in [-0.15, -0.1) is 0 Å². The van der Waals surface area contributed by atoms with E-state index in [9.17, 15) is 22.8 Å². The van der Waals surface area contributed by atoms with Gasteiger partial charge in [-0.3, -0.25) is 14.2 Å². The molecule has 3 aromatic rings. The summed E-state index contributed by atoms with van der Waals surface area (Å²) in [6.45, 7) is 0. The number of aromatic nitrogens is 2. The molecule has 0 saturated carbocycles. The van der Waals surface area contributed by atoms with Gasteiger partial charge in [-0.25, -0.2) is 18.2 Å². The minimum absolute atomic E-state index is 0.0575. The Morgan fingerprint density at radius 1 is 1.21 bits per heavy atom. The van der Waals surface area contributed by atoms with E-state index in [0.29, 0.717) is 23.0 Å². The summed E-state index contributed by atoms with van der Waals surface area (Å²) in [6.07, 6.45) is 0.387. The third-order valence-corrected chi connectivity index (χ3v) is 7.91. The standard InChI is InChI=1S/C22H21N3O6S2/c1-31-21(28)14-7-8-17-18(11-14)24-22(25(20(17)27)16-5-3-2-4-6-16)32-12-19(26)23-15-9-10-33(29,30)13-15/h2-8,11,15H,9-10,12-13H2,1H3,(H,23,26). The average Bonchev–Trinajstić information content (AvgIpc) is 3.15. The van der Waals surface area contributed by atoms with Gasteiger partial charge in [0.05, 0.1) is 46.5 Å². The van der Waals surface area contributed by atoms with Gasteiger partial charge in [-0.2, -0.15) is 0 Å². The zero-order valence-corrected chi connectivity index (χ0v) is 19.3.